The van der Waals surface area contributed by atoms with Crippen LogP contribution in [0.4, 0.5) is 5.69 Å². The number of benzene rings is 3. The molecule has 10 nitrogen and oxygen atoms in total. The fraction of sp³-hybridized carbons (Fsp3) is 0.321. The van der Waals surface area contributed by atoms with Gasteiger partial charge in [-0.15, -0.1) is 0 Å². The third-order valence-electron chi connectivity index (χ3n) is 6.45. The number of carbonyl (C=O) groups is 1. The van der Waals surface area contributed by atoms with Gasteiger partial charge in [0.2, 0.25) is 20.0 Å². The van der Waals surface area contributed by atoms with Crippen LogP contribution in [0.5, 0.6) is 5.75 Å². The number of piperazine rings is 1. The van der Waals surface area contributed by atoms with Crippen molar-refractivity contribution in [2.45, 2.75) is 36.2 Å². The number of carbonyl (C=O) groups excluding carboxylic acids is 1. The molecule has 12 heteroatoms. The highest BCUT2D eigenvalue weighted by molar-refractivity contribution is 7.89. The molecule has 0 aliphatic carbocycles. The summed E-state index contributed by atoms with van der Waals surface area (Å²) in [6, 6.07) is 19.6. The summed E-state index contributed by atoms with van der Waals surface area (Å²) >= 11 is 0. The highest BCUT2D eigenvalue weighted by Gasteiger charge is 2.28. The predicted octanol–water partition coefficient (Wildman–Crippen LogP) is 3.14. The standard InChI is InChI=1S/C28H34N4O6S2/c1-21(2)30-39(34,35)25-13-14-27(38-3)26(19-25)29-28(33)23-11-9-22(10-12-23)20-31-15-17-32(18-16-31)40(36,37)24-7-5-4-6-8-24/h4-14,19,21,30H,15-18,20H2,1-3H3,(H,29,33). The Hall–Kier alpha value is -3.29. The van der Waals surface area contributed by atoms with Crippen LogP contribution in [0, 0.1) is 0 Å². The van der Waals surface area contributed by atoms with Crippen molar-refractivity contribution in [3.05, 3.63) is 83.9 Å². The maximum Gasteiger partial charge on any atom is 0.255 e. The van der Waals surface area contributed by atoms with Crippen molar-refractivity contribution in [1.82, 2.24) is 13.9 Å². The van der Waals surface area contributed by atoms with Gasteiger partial charge in [-0.1, -0.05) is 30.3 Å². The monoisotopic (exact) mass is 586 g/mol. The summed E-state index contributed by atoms with van der Waals surface area (Å²) in [5.41, 5.74) is 1.63. The smallest absolute Gasteiger partial charge is 0.255 e. The molecule has 3 aromatic carbocycles. The first-order valence-corrected chi connectivity index (χ1v) is 15.8. The van der Waals surface area contributed by atoms with E-state index in [1.807, 2.05) is 12.1 Å². The number of nitrogens with one attached hydrogen (secondary N) is 2. The minimum Gasteiger partial charge on any atom is -0.495 e. The number of sulfonamides is 2. The van der Waals surface area contributed by atoms with Gasteiger partial charge in [-0.2, -0.15) is 4.31 Å². The van der Waals surface area contributed by atoms with E-state index in [1.165, 1.54) is 29.6 Å². The van der Waals surface area contributed by atoms with E-state index in [4.69, 9.17) is 4.74 Å². The quantitative estimate of drug-likeness (QED) is 0.374. The van der Waals surface area contributed by atoms with Gasteiger partial charge in [0.05, 0.1) is 22.6 Å². The molecule has 0 bridgehead atoms. The van der Waals surface area contributed by atoms with Crippen molar-refractivity contribution in [3.8, 4) is 5.75 Å². The normalized spacial score (nSPS) is 15.2. The predicted molar refractivity (Wildman–Crippen MR) is 153 cm³/mol. The maximum atomic E-state index is 13.0. The lowest BCUT2D eigenvalue weighted by Gasteiger charge is -2.34. The van der Waals surface area contributed by atoms with Crippen LogP contribution < -0.4 is 14.8 Å². The molecular formula is C28H34N4O6S2. The highest BCUT2D eigenvalue weighted by atomic mass is 32.2. The van der Waals surface area contributed by atoms with Crippen LogP contribution in [0.3, 0.4) is 0 Å². The fourth-order valence-electron chi connectivity index (χ4n) is 4.41. The first kappa shape index (κ1) is 29.7. The zero-order valence-corrected chi connectivity index (χ0v) is 24.3. The summed E-state index contributed by atoms with van der Waals surface area (Å²) < 4.78 is 60.2. The first-order chi connectivity index (χ1) is 19.0. The molecule has 0 radical (unpaired) electrons. The molecule has 214 valence electrons. The van der Waals surface area contributed by atoms with Gasteiger partial charge in [0.1, 0.15) is 5.75 Å². The molecule has 0 spiro atoms. The Morgan fingerprint density at radius 1 is 0.875 bits per heavy atom. The van der Waals surface area contributed by atoms with Crippen molar-refractivity contribution in [3.63, 3.8) is 0 Å². The molecule has 1 amide bonds. The van der Waals surface area contributed by atoms with Gasteiger partial charge in [0, 0.05) is 44.3 Å². The average molecular weight is 587 g/mol. The minimum absolute atomic E-state index is 0.0179. The van der Waals surface area contributed by atoms with E-state index < -0.39 is 26.0 Å². The van der Waals surface area contributed by atoms with E-state index in [1.54, 1.807) is 56.3 Å². The molecule has 1 aliphatic rings. The Labute approximate surface area is 236 Å². The molecule has 0 aromatic heterocycles. The summed E-state index contributed by atoms with van der Waals surface area (Å²) in [5, 5.41) is 2.75. The first-order valence-electron chi connectivity index (χ1n) is 12.9. The number of hydrogen-bond acceptors (Lipinski definition) is 7. The second-order valence-corrected chi connectivity index (χ2v) is 13.4. The molecule has 1 saturated heterocycles. The summed E-state index contributed by atoms with van der Waals surface area (Å²) in [6.07, 6.45) is 0. The van der Waals surface area contributed by atoms with Crippen LogP contribution in [0.25, 0.3) is 0 Å². The average Bonchev–Trinajstić information content (AvgIpc) is 2.93. The van der Waals surface area contributed by atoms with Gasteiger partial charge in [0.25, 0.3) is 5.91 Å². The van der Waals surface area contributed by atoms with Crippen LogP contribution in [-0.2, 0) is 26.6 Å². The van der Waals surface area contributed by atoms with Crippen molar-refractivity contribution in [1.29, 1.82) is 0 Å². The van der Waals surface area contributed by atoms with Crippen LogP contribution in [-0.4, -0.2) is 71.3 Å². The molecule has 1 heterocycles. The van der Waals surface area contributed by atoms with E-state index in [-0.39, 0.29) is 16.6 Å². The van der Waals surface area contributed by atoms with Crippen molar-refractivity contribution in [2.24, 2.45) is 0 Å². The number of nitrogens with zero attached hydrogens (tertiary/aromatic N) is 2. The highest BCUT2D eigenvalue weighted by Crippen LogP contribution is 2.28. The molecule has 0 saturated carbocycles. The van der Waals surface area contributed by atoms with Crippen LogP contribution in [0.2, 0.25) is 0 Å². The minimum atomic E-state index is -3.75. The molecule has 40 heavy (non-hydrogen) atoms. The third-order valence-corrected chi connectivity index (χ3v) is 10.0. The van der Waals surface area contributed by atoms with E-state index in [0.717, 1.165) is 5.56 Å². The lowest BCUT2D eigenvalue weighted by Crippen LogP contribution is -2.48. The largest absolute Gasteiger partial charge is 0.495 e. The van der Waals surface area contributed by atoms with Crippen LogP contribution >= 0.6 is 0 Å². The summed E-state index contributed by atoms with van der Waals surface area (Å²) in [5.74, 6) is -0.0714. The van der Waals surface area contributed by atoms with Crippen LogP contribution in [0.1, 0.15) is 29.8 Å². The van der Waals surface area contributed by atoms with Crippen molar-refractivity contribution < 1.29 is 26.4 Å². The van der Waals surface area contributed by atoms with E-state index >= 15 is 0 Å². The molecule has 4 rings (SSSR count). The van der Waals surface area contributed by atoms with Gasteiger partial charge in [-0.05, 0) is 61.9 Å². The number of ether oxygens (including phenoxy) is 1. The summed E-state index contributed by atoms with van der Waals surface area (Å²) in [7, 11) is -5.81. The molecular weight excluding hydrogens is 552 g/mol. The third kappa shape index (κ3) is 7.07. The Bertz CT molecular complexity index is 1540. The van der Waals surface area contributed by atoms with E-state index in [9.17, 15) is 21.6 Å². The zero-order chi connectivity index (χ0) is 28.9. The molecule has 3 aromatic rings. The van der Waals surface area contributed by atoms with Gasteiger partial charge >= 0.3 is 0 Å². The Morgan fingerprint density at radius 2 is 1.52 bits per heavy atom. The summed E-state index contributed by atoms with van der Waals surface area (Å²) in [4.78, 5) is 15.5. The van der Waals surface area contributed by atoms with Gasteiger partial charge in [-0.25, -0.2) is 21.6 Å². The van der Waals surface area contributed by atoms with Gasteiger partial charge < -0.3 is 10.1 Å². The SMILES string of the molecule is COc1ccc(S(=O)(=O)NC(C)C)cc1NC(=O)c1ccc(CN2CCN(S(=O)(=O)c3ccccc3)CC2)cc1. The topological polar surface area (TPSA) is 125 Å². The number of anilines is 1. The van der Waals surface area contributed by atoms with Gasteiger partial charge in [0.15, 0.2) is 0 Å². The molecule has 0 atom stereocenters. The number of amides is 1. The Morgan fingerprint density at radius 3 is 2.12 bits per heavy atom. The number of hydrogen-bond donors (Lipinski definition) is 2. The van der Waals surface area contributed by atoms with Crippen molar-refractivity contribution in [2.75, 3.05) is 38.6 Å². The Balaban J connectivity index is 1.37. The Kier molecular flexibility index (Phi) is 9.26. The van der Waals surface area contributed by atoms with E-state index in [2.05, 4.69) is 14.9 Å². The van der Waals surface area contributed by atoms with Gasteiger partial charge in [-0.3, -0.25) is 9.69 Å². The number of methoxy groups -OCH3 is 1. The second kappa shape index (κ2) is 12.5. The fourth-order valence-corrected chi connectivity index (χ4v) is 7.13. The zero-order valence-electron chi connectivity index (χ0n) is 22.7. The second-order valence-electron chi connectivity index (χ2n) is 9.78. The molecule has 2 N–H and O–H groups in total. The van der Waals surface area contributed by atoms with Crippen LogP contribution in [0.15, 0.2) is 82.6 Å². The lowest BCUT2D eigenvalue weighted by atomic mass is 10.1. The molecule has 1 aliphatic heterocycles. The summed E-state index contributed by atoms with van der Waals surface area (Å²) in [6.45, 7) is 6.07. The number of rotatable bonds is 10. The maximum absolute atomic E-state index is 13.0. The molecule has 0 unspecified atom stereocenters. The lowest BCUT2D eigenvalue weighted by molar-refractivity contribution is 0.102. The van der Waals surface area contributed by atoms with Crippen molar-refractivity contribution >= 4 is 31.6 Å². The molecule has 1 fully saturated rings. The van der Waals surface area contributed by atoms with E-state index in [0.29, 0.717) is 48.9 Å².